The molecule has 4 heterocycles. The highest BCUT2D eigenvalue weighted by Crippen LogP contribution is 2.37. The Bertz CT molecular complexity index is 1210. The third-order valence-corrected chi connectivity index (χ3v) is 8.73. The first-order valence-electron chi connectivity index (χ1n) is 13.1. The predicted octanol–water partition coefficient (Wildman–Crippen LogP) is 3.39. The summed E-state index contributed by atoms with van der Waals surface area (Å²) in [5, 5.41) is -0.159. The Morgan fingerprint density at radius 1 is 1.16 bits per heavy atom. The van der Waals surface area contributed by atoms with Gasteiger partial charge in [0.25, 0.3) is 15.9 Å². The molecule has 0 saturated carbocycles. The van der Waals surface area contributed by atoms with Crippen LogP contribution in [0, 0.1) is 11.8 Å². The molecule has 0 aromatic carbocycles. The number of pyridine rings is 2. The molecule has 10 heteroatoms. The summed E-state index contributed by atoms with van der Waals surface area (Å²) in [6.07, 6.45) is 5.87. The molecule has 4 rings (SSSR count). The molecule has 2 fully saturated rings. The van der Waals surface area contributed by atoms with Crippen molar-refractivity contribution in [3.05, 3.63) is 42.1 Å². The molecule has 2 aliphatic heterocycles. The van der Waals surface area contributed by atoms with Gasteiger partial charge >= 0.3 is 0 Å². The summed E-state index contributed by atoms with van der Waals surface area (Å²) in [7, 11) is 0.0130. The molecule has 1 unspecified atom stereocenters. The van der Waals surface area contributed by atoms with Crippen LogP contribution in [0.25, 0.3) is 0 Å². The van der Waals surface area contributed by atoms with Gasteiger partial charge in [-0.15, -0.1) is 0 Å². The number of carbonyl (C=O) groups is 1. The molecule has 2 saturated heterocycles. The maximum atomic E-state index is 13.2. The summed E-state index contributed by atoms with van der Waals surface area (Å²) in [4.78, 5) is 28.6. The monoisotopic (exact) mass is 528 g/mol. The van der Waals surface area contributed by atoms with Gasteiger partial charge in [-0.25, -0.2) is 14.7 Å². The van der Waals surface area contributed by atoms with Gasteiger partial charge in [-0.2, -0.15) is 8.42 Å². The van der Waals surface area contributed by atoms with Crippen molar-refractivity contribution in [3.63, 3.8) is 0 Å². The molecular weight excluding hydrogens is 488 g/mol. The molecule has 1 N–H and O–H groups in total. The van der Waals surface area contributed by atoms with Crippen LogP contribution in [0.2, 0.25) is 0 Å². The Balaban J connectivity index is 1.47. The van der Waals surface area contributed by atoms with Gasteiger partial charge in [-0.1, -0.05) is 13.0 Å². The van der Waals surface area contributed by atoms with Crippen LogP contribution >= 0.6 is 0 Å². The van der Waals surface area contributed by atoms with Crippen molar-refractivity contribution in [1.82, 2.24) is 19.6 Å². The fourth-order valence-corrected chi connectivity index (χ4v) is 6.53. The van der Waals surface area contributed by atoms with Crippen molar-refractivity contribution in [3.8, 4) is 0 Å². The van der Waals surface area contributed by atoms with E-state index in [4.69, 9.17) is 0 Å². The number of carbonyl (C=O) groups excluding carboxylic acids is 1. The second kappa shape index (κ2) is 10.9. The maximum Gasteiger partial charge on any atom is 0.281 e. The van der Waals surface area contributed by atoms with Crippen LogP contribution in [0.4, 0.5) is 11.6 Å². The molecular formula is C27H40N6O3S. The van der Waals surface area contributed by atoms with Gasteiger partial charge in [0.05, 0.1) is 5.56 Å². The summed E-state index contributed by atoms with van der Waals surface area (Å²) in [6, 6.07) is 8.22. The normalized spacial score (nSPS) is 20.4. The van der Waals surface area contributed by atoms with E-state index in [1.807, 2.05) is 6.07 Å². The van der Waals surface area contributed by atoms with Crippen LogP contribution in [-0.4, -0.2) is 75.0 Å². The van der Waals surface area contributed by atoms with Crippen molar-refractivity contribution in [2.24, 2.45) is 11.8 Å². The lowest BCUT2D eigenvalue weighted by molar-refractivity contribution is 0.0981. The molecule has 9 nitrogen and oxygen atoms in total. The highest BCUT2D eigenvalue weighted by molar-refractivity contribution is 7.90. The topological polar surface area (TPSA) is 98.7 Å². The lowest BCUT2D eigenvalue weighted by Gasteiger charge is -2.33. The average molecular weight is 529 g/mol. The van der Waals surface area contributed by atoms with Gasteiger partial charge in [0.15, 0.2) is 5.03 Å². The van der Waals surface area contributed by atoms with Crippen molar-refractivity contribution in [2.75, 3.05) is 50.1 Å². The summed E-state index contributed by atoms with van der Waals surface area (Å²) in [6.45, 7) is 9.90. The fourth-order valence-electron chi connectivity index (χ4n) is 5.60. The molecule has 202 valence electrons. The summed E-state index contributed by atoms with van der Waals surface area (Å²) >= 11 is 0. The number of anilines is 2. The van der Waals surface area contributed by atoms with Crippen LogP contribution in [0.15, 0.2) is 41.6 Å². The van der Waals surface area contributed by atoms with Crippen LogP contribution in [-0.2, 0) is 10.0 Å². The number of rotatable bonds is 8. The number of nitrogens with one attached hydrogen (secondary N) is 1. The van der Waals surface area contributed by atoms with Gasteiger partial charge in [0.1, 0.15) is 11.6 Å². The summed E-state index contributed by atoms with van der Waals surface area (Å²) < 4.78 is 28.7. The Hall–Kier alpha value is -2.72. The van der Waals surface area contributed by atoms with Crippen LogP contribution < -0.4 is 14.5 Å². The van der Waals surface area contributed by atoms with E-state index in [1.165, 1.54) is 12.5 Å². The van der Waals surface area contributed by atoms with Crippen LogP contribution in [0.3, 0.4) is 0 Å². The first-order valence-corrected chi connectivity index (χ1v) is 14.6. The Morgan fingerprint density at radius 2 is 1.89 bits per heavy atom. The van der Waals surface area contributed by atoms with E-state index in [-0.39, 0.29) is 16.1 Å². The second-order valence-electron chi connectivity index (χ2n) is 11.4. The van der Waals surface area contributed by atoms with Crippen molar-refractivity contribution in [2.45, 2.75) is 57.0 Å². The Morgan fingerprint density at radius 3 is 2.54 bits per heavy atom. The van der Waals surface area contributed by atoms with E-state index in [0.29, 0.717) is 23.5 Å². The molecule has 2 aromatic heterocycles. The zero-order valence-electron chi connectivity index (χ0n) is 22.6. The minimum absolute atomic E-state index is 0.159. The number of sulfonamides is 1. The SMILES string of the molecule is CC1CN(c2ncccc2C(=O)NS(=O)(=O)c2cccc(N3CCC(CCN(C)C)CC3)n2)C(C)(C)C1. The van der Waals surface area contributed by atoms with Gasteiger partial charge < -0.3 is 14.7 Å². The van der Waals surface area contributed by atoms with Crippen molar-refractivity contribution >= 4 is 27.6 Å². The van der Waals surface area contributed by atoms with E-state index in [1.54, 1.807) is 24.4 Å². The first-order chi connectivity index (χ1) is 17.5. The number of hydrogen-bond acceptors (Lipinski definition) is 8. The van der Waals surface area contributed by atoms with E-state index in [9.17, 15) is 13.2 Å². The highest BCUT2D eigenvalue weighted by Gasteiger charge is 2.39. The van der Waals surface area contributed by atoms with Gasteiger partial charge in [0.2, 0.25) is 0 Å². The molecule has 37 heavy (non-hydrogen) atoms. The standard InChI is InChI=1S/C27H40N6O3S/c1-20-18-27(2,3)33(19-20)25-22(8-7-14-28-25)26(34)30-37(35,36)24-10-6-9-23(29-24)32-16-12-21(13-17-32)11-15-31(4)5/h6-10,14,20-21H,11-13,15-19H2,1-5H3,(H,30,34). The molecule has 2 aromatic rings. The molecule has 1 amide bonds. The third-order valence-electron chi connectivity index (χ3n) is 7.49. The molecule has 0 spiro atoms. The Labute approximate surface area is 221 Å². The molecule has 1 atom stereocenters. The van der Waals surface area contributed by atoms with E-state index >= 15 is 0 Å². The Kier molecular flexibility index (Phi) is 8.08. The molecule has 0 aliphatic carbocycles. The van der Waals surface area contributed by atoms with Crippen molar-refractivity contribution in [1.29, 1.82) is 0 Å². The zero-order chi connectivity index (χ0) is 26.8. The van der Waals surface area contributed by atoms with E-state index in [2.05, 4.69) is 64.3 Å². The van der Waals surface area contributed by atoms with Crippen LogP contribution in [0.5, 0.6) is 0 Å². The maximum absolute atomic E-state index is 13.2. The smallest absolute Gasteiger partial charge is 0.281 e. The van der Waals surface area contributed by atoms with Gasteiger partial charge in [0, 0.05) is 31.4 Å². The fraction of sp³-hybridized carbons (Fsp3) is 0.593. The minimum Gasteiger partial charge on any atom is -0.357 e. The first kappa shape index (κ1) is 27.3. The zero-order valence-corrected chi connectivity index (χ0v) is 23.5. The molecule has 0 radical (unpaired) electrons. The average Bonchev–Trinajstić information content (AvgIpc) is 3.14. The lowest BCUT2D eigenvalue weighted by Crippen LogP contribution is -2.41. The predicted molar refractivity (Wildman–Crippen MR) is 146 cm³/mol. The van der Waals surface area contributed by atoms with Gasteiger partial charge in [-0.3, -0.25) is 4.79 Å². The number of hydrogen-bond donors (Lipinski definition) is 1. The lowest BCUT2D eigenvalue weighted by atomic mass is 9.93. The van der Waals surface area contributed by atoms with Crippen molar-refractivity contribution < 1.29 is 13.2 Å². The molecule has 2 aliphatic rings. The number of nitrogens with zero attached hydrogens (tertiary/aromatic N) is 5. The van der Waals surface area contributed by atoms with Gasteiger partial charge in [-0.05, 0) is 96.3 Å². The number of piperidine rings is 1. The molecule has 0 bridgehead atoms. The summed E-state index contributed by atoms with van der Waals surface area (Å²) in [5.74, 6) is 1.54. The van der Waals surface area contributed by atoms with E-state index in [0.717, 1.165) is 45.4 Å². The number of amides is 1. The van der Waals surface area contributed by atoms with Crippen LogP contribution in [0.1, 0.15) is 56.8 Å². The minimum atomic E-state index is -4.17. The second-order valence-corrected chi connectivity index (χ2v) is 13.0. The van der Waals surface area contributed by atoms with E-state index < -0.39 is 15.9 Å². The quantitative estimate of drug-likeness (QED) is 0.557. The number of aromatic nitrogens is 2. The summed E-state index contributed by atoms with van der Waals surface area (Å²) in [5.41, 5.74) is 0.0569. The largest absolute Gasteiger partial charge is 0.357 e. The highest BCUT2D eigenvalue weighted by atomic mass is 32.2. The third kappa shape index (κ3) is 6.41.